The van der Waals surface area contributed by atoms with E-state index in [2.05, 4.69) is 25.7 Å². The molecule has 0 aromatic rings. The molecule has 12 heavy (non-hydrogen) atoms. The van der Waals surface area contributed by atoms with Gasteiger partial charge < -0.3 is 0 Å². The Kier molecular flexibility index (Phi) is 4.13. The zero-order chi connectivity index (χ0) is 8.81. The lowest BCUT2D eigenvalue weighted by Gasteiger charge is -2.22. The van der Waals surface area contributed by atoms with E-state index in [9.17, 15) is 0 Å². The Morgan fingerprint density at radius 2 is 2.08 bits per heavy atom. The second kappa shape index (κ2) is 5.18. The van der Waals surface area contributed by atoms with Crippen molar-refractivity contribution in [3.8, 4) is 0 Å². The number of rotatable bonds is 3. The summed E-state index contributed by atoms with van der Waals surface area (Å²) in [5.74, 6) is 0.978. The normalized spacial score (nSPS) is 20.6. The standard InChI is InChI=1S/C12H20/c1-3-4-5-6-12-9-7-11(2)8-10-12/h3-4,12H,2,5-10H2,1H3/b4-3+. The lowest BCUT2D eigenvalue weighted by Crippen LogP contribution is -2.06. The van der Waals surface area contributed by atoms with Crippen LogP contribution in [0.5, 0.6) is 0 Å². The lowest BCUT2D eigenvalue weighted by atomic mass is 9.84. The van der Waals surface area contributed by atoms with Crippen molar-refractivity contribution in [2.45, 2.75) is 45.4 Å². The highest BCUT2D eigenvalue weighted by molar-refractivity contribution is 4.98. The summed E-state index contributed by atoms with van der Waals surface area (Å²) in [5.41, 5.74) is 1.47. The van der Waals surface area contributed by atoms with Gasteiger partial charge in [0.05, 0.1) is 0 Å². The smallest absolute Gasteiger partial charge is 0.0320 e. The minimum absolute atomic E-state index is 0.978. The van der Waals surface area contributed by atoms with Gasteiger partial charge in [-0.1, -0.05) is 24.3 Å². The second-order valence-electron chi connectivity index (χ2n) is 3.84. The maximum absolute atomic E-state index is 4.03. The van der Waals surface area contributed by atoms with Crippen molar-refractivity contribution in [3.05, 3.63) is 24.3 Å². The van der Waals surface area contributed by atoms with Crippen LogP contribution in [0.3, 0.4) is 0 Å². The quantitative estimate of drug-likeness (QED) is 0.551. The highest BCUT2D eigenvalue weighted by Crippen LogP contribution is 2.29. The Bertz CT molecular complexity index is 155. The van der Waals surface area contributed by atoms with Crippen molar-refractivity contribution in [2.75, 3.05) is 0 Å². The summed E-state index contributed by atoms with van der Waals surface area (Å²) >= 11 is 0. The number of hydrogen-bond donors (Lipinski definition) is 0. The lowest BCUT2D eigenvalue weighted by molar-refractivity contribution is 0.387. The monoisotopic (exact) mass is 164 g/mol. The van der Waals surface area contributed by atoms with Gasteiger partial charge in [-0.25, -0.2) is 0 Å². The molecule has 68 valence electrons. The van der Waals surface area contributed by atoms with Crippen molar-refractivity contribution in [1.82, 2.24) is 0 Å². The van der Waals surface area contributed by atoms with Gasteiger partial charge in [0.15, 0.2) is 0 Å². The van der Waals surface area contributed by atoms with Crippen molar-refractivity contribution in [1.29, 1.82) is 0 Å². The molecule has 0 bridgehead atoms. The molecule has 0 saturated heterocycles. The average molecular weight is 164 g/mol. The van der Waals surface area contributed by atoms with E-state index in [-0.39, 0.29) is 0 Å². The van der Waals surface area contributed by atoms with Crippen molar-refractivity contribution in [3.63, 3.8) is 0 Å². The van der Waals surface area contributed by atoms with E-state index in [1.807, 2.05) is 0 Å². The van der Waals surface area contributed by atoms with Crippen molar-refractivity contribution < 1.29 is 0 Å². The number of hydrogen-bond acceptors (Lipinski definition) is 0. The molecule has 0 aliphatic heterocycles. The van der Waals surface area contributed by atoms with E-state index in [0.29, 0.717) is 0 Å². The van der Waals surface area contributed by atoms with Gasteiger partial charge in [0.25, 0.3) is 0 Å². The first-order valence-corrected chi connectivity index (χ1v) is 5.10. The predicted octanol–water partition coefficient (Wildman–Crippen LogP) is 4.09. The minimum atomic E-state index is 0.978. The van der Waals surface area contributed by atoms with Crippen LogP contribution in [-0.2, 0) is 0 Å². The van der Waals surface area contributed by atoms with Gasteiger partial charge in [-0.2, -0.15) is 0 Å². The van der Waals surface area contributed by atoms with Gasteiger partial charge in [-0.3, -0.25) is 0 Å². The molecule has 0 aromatic heterocycles. The van der Waals surface area contributed by atoms with Crippen LogP contribution in [0, 0.1) is 5.92 Å². The third kappa shape index (κ3) is 3.25. The van der Waals surface area contributed by atoms with Crippen molar-refractivity contribution in [2.24, 2.45) is 5.92 Å². The van der Waals surface area contributed by atoms with E-state index in [1.54, 1.807) is 0 Å². The van der Waals surface area contributed by atoms with Gasteiger partial charge >= 0.3 is 0 Å². The van der Waals surface area contributed by atoms with Crippen LogP contribution < -0.4 is 0 Å². The highest BCUT2D eigenvalue weighted by atomic mass is 14.2. The predicted molar refractivity (Wildman–Crippen MR) is 55.1 cm³/mol. The van der Waals surface area contributed by atoms with Crippen LogP contribution in [0.25, 0.3) is 0 Å². The van der Waals surface area contributed by atoms with E-state index in [0.717, 1.165) is 5.92 Å². The van der Waals surface area contributed by atoms with Crippen LogP contribution in [0.2, 0.25) is 0 Å². The molecule has 0 unspecified atom stereocenters. The molecule has 1 saturated carbocycles. The third-order valence-electron chi connectivity index (χ3n) is 2.79. The van der Waals surface area contributed by atoms with Crippen LogP contribution in [0.15, 0.2) is 24.3 Å². The molecule has 1 aliphatic carbocycles. The van der Waals surface area contributed by atoms with Gasteiger partial charge in [-0.15, -0.1) is 0 Å². The molecule has 0 spiro atoms. The average Bonchev–Trinajstić information content (AvgIpc) is 2.09. The topological polar surface area (TPSA) is 0 Å². The molecular formula is C12H20. The van der Waals surface area contributed by atoms with E-state index < -0.39 is 0 Å². The van der Waals surface area contributed by atoms with E-state index in [1.165, 1.54) is 44.1 Å². The van der Waals surface area contributed by atoms with Gasteiger partial charge in [0, 0.05) is 0 Å². The minimum Gasteiger partial charge on any atom is -0.0999 e. The van der Waals surface area contributed by atoms with Gasteiger partial charge in [0.1, 0.15) is 0 Å². The largest absolute Gasteiger partial charge is 0.0999 e. The molecule has 0 atom stereocenters. The summed E-state index contributed by atoms with van der Waals surface area (Å²) in [6, 6.07) is 0. The maximum Gasteiger partial charge on any atom is -0.0320 e. The summed E-state index contributed by atoms with van der Waals surface area (Å²) in [4.78, 5) is 0. The van der Waals surface area contributed by atoms with Gasteiger partial charge in [-0.05, 0) is 51.4 Å². The molecule has 1 rings (SSSR count). The van der Waals surface area contributed by atoms with Crippen LogP contribution >= 0.6 is 0 Å². The Morgan fingerprint density at radius 3 is 2.67 bits per heavy atom. The van der Waals surface area contributed by atoms with Crippen LogP contribution in [-0.4, -0.2) is 0 Å². The summed E-state index contributed by atoms with van der Waals surface area (Å²) in [6.45, 7) is 6.13. The fraction of sp³-hybridized carbons (Fsp3) is 0.667. The first-order valence-electron chi connectivity index (χ1n) is 5.10. The van der Waals surface area contributed by atoms with Crippen molar-refractivity contribution >= 4 is 0 Å². The Hall–Kier alpha value is -0.520. The maximum atomic E-state index is 4.03. The zero-order valence-electron chi connectivity index (χ0n) is 8.18. The Balaban J connectivity index is 2.13. The fourth-order valence-corrected chi connectivity index (χ4v) is 1.87. The molecule has 0 nitrogen and oxygen atoms in total. The molecule has 1 aliphatic rings. The van der Waals surface area contributed by atoms with Crippen LogP contribution in [0.4, 0.5) is 0 Å². The summed E-state index contributed by atoms with van der Waals surface area (Å²) in [7, 11) is 0. The first-order chi connectivity index (χ1) is 5.83. The van der Waals surface area contributed by atoms with Crippen LogP contribution in [0.1, 0.15) is 45.4 Å². The highest BCUT2D eigenvalue weighted by Gasteiger charge is 2.13. The molecule has 0 heterocycles. The van der Waals surface area contributed by atoms with Gasteiger partial charge in [0.2, 0.25) is 0 Å². The Labute approximate surface area is 76.4 Å². The first kappa shape index (κ1) is 9.57. The fourth-order valence-electron chi connectivity index (χ4n) is 1.87. The SMILES string of the molecule is C=C1CCC(CC/C=C/C)CC1. The summed E-state index contributed by atoms with van der Waals surface area (Å²) in [5, 5.41) is 0. The summed E-state index contributed by atoms with van der Waals surface area (Å²) < 4.78 is 0. The molecule has 0 heteroatoms. The molecule has 0 radical (unpaired) electrons. The molecule has 0 aromatic carbocycles. The number of allylic oxidation sites excluding steroid dienone is 3. The molecular weight excluding hydrogens is 144 g/mol. The van der Waals surface area contributed by atoms with E-state index in [4.69, 9.17) is 0 Å². The third-order valence-corrected chi connectivity index (χ3v) is 2.79. The Morgan fingerprint density at radius 1 is 1.42 bits per heavy atom. The molecule has 1 fully saturated rings. The summed E-state index contributed by atoms with van der Waals surface area (Å²) in [6.07, 6.45) is 12.4. The zero-order valence-corrected chi connectivity index (χ0v) is 8.18. The molecule has 0 N–H and O–H groups in total. The second-order valence-corrected chi connectivity index (χ2v) is 3.84. The van der Waals surface area contributed by atoms with E-state index >= 15 is 0 Å². The molecule has 0 amide bonds.